The summed E-state index contributed by atoms with van der Waals surface area (Å²) in [6.45, 7) is 5.33. The van der Waals surface area contributed by atoms with Gasteiger partial charge in [0.2, 0.25) is 0 Å². The molecule has 1 N–H and O–H groups in total. The maximum Gasteiger partial charge on any atom is 0.0727 e. The highest BCUT2D eigenvalue weighted by Gasteiger charge is 2.19. The molecule has 102 valence electrons. The highest BCUT2D eigenvalue weighted by Crippen LogP contribution is 2.15. The number of methoxy groups -OCH3 is 1. The van der Waals surface area contributed by atoms with Gasteiger partial charge in [0, 0.05) is 17.6 Å². The largest absolute Gasteiger partial charge is 0.380 e. The zero-order chi connectivity index (χ0) is 13.4. The molecule has 0 aliphatic carbocycles. The minimum absolute atomic E-state index is 0.290. The summed E-state index contributed by atoms with van der Waals surface area (Å²) >= 11 is 3.47. The Labute approximate surface area is 119 Å². The van der Waals surface area contributed by atoms with E-state index in [1.54, 1.807) is 0 Å². The molecular formula is C15H24BrNO. The number of hydrogen-bond acceptors (Lipinski definition) is 2. The first-order chi connectivity index (χ1) is 8.71. The van der Waals surface area contributed by atoms with E-state index in [1.807, 2.05) is 7.11 Å². The summed E-state index contributed by atoms with van der Waals surface area (Å²) in [5, 5.41) is 3.54. The first-order valence-electron chi connectivity index (χ1n) is 6.71. The van der Waals surface area contributed by atoms with Crippen LogP contribution in [0.2, 0.25) is 0 Å². The van der Waals surface area contributed by atoms with E-state index in [0.29, 0.717) is 12.1 Å². The van der Waals surface area contributed by atoms with Crippen LogP contribution in [0, 0.1) is 0 Å². The van der Waals surface area contributed by atoms with Crippen molar-refractivity contribution in [3.63, 3.8) is 0 Å². The van der Waals surface area contributed by atoms with Crippen LogP contribution in [-0.4, -0.2) is 25.8 Å². The highest BCUT2D eigenvalue weighted by molar-refractivity contribution is 9.10. The average Bonchev–Trinajstić information content (AvgIpc) is 2.38. The predicted octanol–water partition coefficient (Wildman–Crippen LogP) is 3.78. The lowest BCUT2D eigenvalue weighted by Gasteiger charge is -2.26. The summed E-state index contributed by atoms with van der Waals surface area (Å²) in [4.78, 5) is 0. The van der Waals surface area contributed by atoms with Crippen LogP contribution in [0.4, 0.5) is 0 Å². The number of nitrogens with one attached hydrogen (secondary N) is 1. The molecule has 0 heterocycles. The van der Waals surface area contributed by atoms with Crippen LogP contribution in [0.25, 0.3) is 0 Å². The molecule has 0 saturated heterocycles. The van der Waals surface area contributed by atoms with Gasteiger partial charge in [0.05, 0.1) is 6.10 Å². The van der Waals surface area contributed by atoms with Crippen molar-refractivity contribution in [2.75, 3.05) is 13.7 Å². The third-order valence-corrected chi connectivity index (χ3v) is 3.69. The second-order valence-corrected chi connectivity index (χ2v) is 5.47. The summed E-state index contributed by atoms with van der Waals surface area (Å²) in [5.74, 6) is 0. The van der Waals surface area contributed by atoms with Crippen molar-refractivity contribution in [2.45, 2.75) is 45.3 Å². The summed E-state index contributed by atoms with van der Waals surface area (Å²) in [7, 11) is 1.81. The van der Waals surface area contributed by atoms with E-state index < -0.39 is 0 Å². The molecule has 2 nitrogen and oxygen atoms in total. The van der Waals surface area contributed by atoms with E-state index in [9.17, 15) is 0 Å². The third-order valence-electron chi connectivity index (χ3n) is 3.16. The van der Waals surface area contributed by atoms with Gasteiger partial charge in [-0.3, -0.25) is 0 Å². The minimum Gasteiger partial charge on any atom is -0.380 e. The van der Waals surface area contributed by atoms with Crippen LogP contribution in [0.5, 0.6) is 0 Å². The van der Waals surface area contributed by atoms with Gasteiger partial charge in [-0.2, -0.15) is 0 Å². The molecule has 1 aromatic carbocycles. The molecule has 0 spiro atoms. The van der Waals surface area contributed by atoms with Gasteiger partial charge in [-0.1, -0.05) is 48.3 Å². The van der Waals surface area contributed by atoms with Gasteiger partial charge in [0.25, 0.3) is 0 Å². The molecule has 2 unspecified atom stereocenters. The molecule has 0 aliphatic rings. The van der Waals surface area contributed by atoms with Crippen LogP contribution in [0.15, 0.2) is 28.7 Å². The highest BCUT2D eigenvalue weighted by atomic mass is 79.9. The Hall–Kier alpha value is -0.380. The number of likely N-dealkylation sites (N-methyl/N-ethyl adjacent to an activating group) is 1. The first-order valence-corrected chi connectivity index (χ1v) is 7.51. The van der Waals surface area contributed by atoms with Crippen molar-refractivity contribution < 1.29 is 4.74 Å². The second-order valence-electron chi connectivity index (χ2n) is 4.56. The Morgan fingerprint density at radius 1 is 1.22 bits per heavy atom. The molecule has 18 heavy (non-hydrogen) atoms. The third kappa shape index (κ3) is 5.09. The van der Waals surface area contributed by atoms with E-state index in [-0.39, 0.29) is 0 Å². The summed E-state index contributed by atoms with van der Waals surface area (Å²) in [6.07, 6.45) is 3.56. The Balaban J connectivity index is 2.68. The molecule has 0 aliphatic heterocycles. The number of hydrogen-bond donors (Lipinski definition) is 1. The number of rotatable bonds is 8. The molecule has 0 radical (unpaired) electrons. The topological polar surface area (TPSA) is 21.3 Å². The van der Waals surface area contributed by atoms with Gasteiger partial charge in [-0.15, -0.1) is 0 Å². The molecule has 0 bridgehead atoms. The summed E-state index contributed by atoms with van der Waals surface area (Å²) in [5.41, 5.74) is 1.35. The molecule has 0 aromatic heterocycles. The van der Waals surface area contributed by atoms with E-state index >= 15 is 0 Å². The Morgan fingerprint density at radius 2 is 1.89 bits per heavy atom. The summed E-state index contributed by atoms with van der Waals surface area (Å²) < 4.78 is 6.76. The Morgan fingerprint density at radius 3 is 2.39 bits per heavy atom. The Kier molecular flexibility index (Phi) is 7.56. The van der Waals surface area contributed by atoms with E-state index in [1.165, 1.54) is 5.56 Å². The molecule has 0 amide bonds. The van der Waals surface area contributed by atoms with Crippen molar-refractivity contribution in [3.8, 4) is 0 Å². The lowest BCUT2D eigenvalue weighted by Crippen LogP contribution is -2.42. The van der Waals surface area contributed by atoms with Crippen LogP contribution in [0.1, 0.15) is 32.3 Å². The lowest BCUT2D eigenvalue weighted by molar-refractivity contribution is 0.0614. The van der Waals surface area contributed by atoms with E-state index in [2.05, 4.69) is 59.4 Å². The molecule has 2 atom stereocenters. The zero-order valence-electron chi connectivity index (χ0n) is 11.6. The normalized spacial score (nSPS) is 14.4. The molecule has 0 saturated carbocycles. The molecule has 3 heteroatoms. The number of halogens is 1. The zero-order valence-corrected chi connectivity index (χ0v) is 13.2. The van der Waals surface area contributed by atoms with Crippen molar-refractivity contribution in [2.24, 2.45) is 0 Å². The molecule has 1 aromatic rings. The summed E-state index contributed by atoms with van der Waals surface area (Å²) in [6, 6.07) is 8.93. The average molecular weight is 314 g/mol. The predicted molar refractivity (Wildman–Crippen MR) is 81.0 cm³/mol. The fourth-order valence-electron chi connectivity index (χ4n) is 2.24. The monoisotopic (exact) mass is 313 g/mol. The van der Waals surface area contributed by atoms with Crippen molar-refractivity contribution in [3.05, 3.63) is 34.3 Å². The van der Waals surface area contributed by atoms with Crippen LogP contribution < -0.4 is 5.32 Å². The van der Waals surface area contributed by atoms with Gasteiger partial charge in [0.1, 0.15) is 0 Å². The van der Waals surface area contributed by atoms with Gasteiger partial charge in [-0.25, -0.2) is 0 Å². The van der Waals surface area contributed by atoms with Crippen molar-refractivity contribution >= 4 is 15.9 Å². The minimum atomic E-state index is 0.290. The standard InChI is InChI=1S/C15H24BrNO/c1-4-6-15(18-3)14(17-5-2)11-12-7-9-13(16)10-8-12/h7-10,14-15,17H,4-6,11H2,1-3H3. The smallest absolute Gasteiger partial charge is 0.0727 e. The number of benzene rings is 1. The van der Waals surface area contributed by atoms with Crippen LogP contribution in [0.3, 0.4) is 0 Å². The Bertz CT molecular complexity index is 326. The van der Waals surface area contributed by atoms with Crippen molar-refractivity contribution in [1.82, 2.24) is 5.32 Å². The first kappa shape index (κ1) is 15.7. The fourth-order valence-corrected chi connectivity index (χ4v) is 2.50. The van der Waals surface area contributed by atoms with E-state index in [4.69, 9.17) is 4.74 Å². The van der Waals surface area contributed by atoms with Crippen LogP contribution in [-0.2, 0) is 11.2 Å². The molecule has 0 fully saturated rings. The lowest BCUT2D eigenvalue weighted by atomic mass is 9.98. The fraction of sp³-hybridized carbons (Fsp3) is 0.600. The van der Waals surface area contributed by atoms with Gasteiger partial charge >= 0.3 is 0 Å². The second kappa shape index (κ2) is 8.68. The molecular weight excluding hydrogens is 290 g/mol. The van der Waals surface area contributed by atoms with Gasteiger partial charge < -0.3 is 10.1 Å². The van der Waals surface area contributed by atoms with Gasteiger partial charge in [0.15, 0.2) is 0 Å². The maximum absolute atomic E-state index is 5.63. The van der Waals surface area contributed by atoms with Crippen molar-refractivity contribution in [1.29, 1.82) is 0 Å². The SMILES string of the molecule is CCCC(OC)C(Cc1ccc(Br)cc1)NCC. The number of ether oxygens (including phenoxy) is 1. The van der Waals surface area contributed by atoms with Gasteiger partial charge in [-0.05, 0) is 37.1 Å². The van der Waals surface area contributed by atoms with Crippen LogP contribution >= 0.6 is 15.9 Å². The maximum atomic E-state index is 5.63. The van der Waals surface area contributed by atoms with E-state index in [0.717, 1.165) is 30.3 Å². The quantitative estimate of drug-likeness (QED) is 0.788. The molecule has 1 rings (SSSR count).